The molecule has 0 aliphatic rings. The van der Waals surface area contributed by atoms with Gasteiger partial charge in [-0.3, -0.25) is 4.79 Å². The summed E-state index contributed by atoms with van der Waals surface area (Å²) in [6.07, 6.45) is 0. The number of benzene rings is 2. The van der Waals surface area contributed by atoms with Crippen molar-refractivity contribution < 1.29 is 9.47 Å². The molecule has 0 spiro atoms. The lowest BCUT2D eigenvalue weighted by molar-refractivity contribution is 0.301. The van der Waals surface area contributed by atoms with Gasteiger partial charge < -0.3 is 9.47 Å². The molecule has 0 atom stereocenters. The van der Waals surface area contributed by atoms with E-state index in [0.29, 0.717) is 10.7 Å². The second kappa shape index (κ2) is 7.91. The van der Waals surface area contributed by atoms with Crippen molar-refractivity contribution in [2.24, 2.45) is 0 Å². The molecule has 0 fully saturated rings. The Morgan fingerprint density at radius 1 is 1.00 bits per heavy atom. The van der Waals surface area contributed by atoms with Crippen LogP contribution in [0.15, 0.2) is 59.4 Å². The number of ether oxygens (including phenoxy) is 2. The fraction of sp³-hybridized carbons (Fsp3) is 0.261. The molecule has 4 aromatic rings. The molecule has 30 heavy (non-hydrogen) atoms. The highest BCUT2D eigenvalue weighted by molar-refractivity contribution is 7.19. The molecule has 0 radical (unpaired) electrons. The highest BCUT2D eigenvalue weighted by Gasteiger charge is 2.14. The van der Waals surface area contributed by atoms with Gasteiger partial charge in [0.05, 0.1) is 12.8 Å². The van der Waals surface area contributed by atoms with E-state index in [-0.39, 0.29) is 17.6 Å². The zero-order valence-corrected chi connectivity index (χ0v) is 18.2. The average Bonchev–Trinajstić information content (AvgIpc) is 3.17. The Morgan fingerprint density at radius 3 is 2.30 bits per heavy atom. The maximum atomic E-state index is 12.5. The van der Waals surface area contributed by atoms with Crippen molar-refractivity contribution in [1.29, 1.82) is 0 Å². The molecule has 0 aliphatic carbocycles. The third-order valence-electron chi connectivity index (χ3n) is 4.74. The highest BCUT2D eigenvalue weighted by Crippen LogP contribution is 2.27. The lowest BCUT2D eigenvalue weighted by Crippen LogP contribution is -2.16. The monoisotopic (exact) mass is 421 g/mol. The van der Waals surface area contributed by atoms with E-state index in [1.165, 1.54) is 27.5 Å². The van der Waals surface area contributed by atoms with Crippen LogP contribution in [0, 0.1) is 0 Å². The quantitative estimate of drug-likeness (QED) is 0.467. The Labute approximate surface area is 178 Å². The van der Waals surface area contributed by atoms with Gasteiger partial charge >= 0.3 is 0 Å². The summed E-state index contributed by atoms with van der Waals surface area (Å²) in [6.45, 7) is 6.73. The highest BCUT2D eigenvalue weighted by atomic mass is 32.1. The minimum absolute atomic E-state index is 0.0908. The molecule has 0 N–H and O–H groups in total. The summed E-state index contributed by atoms with van der Waals surface area (Å²) < 4.78 is 12.4. The van der Waals surface area contributed by atoms with Gasteiger partial charge in [0, 0.05) is 11.6 Å². The van der Waals surface area contributed by atoms with E-state index in [1.807, 2.05) is 36.4 Å². The molecule has 7 heteroatoms. The first-order valence-corrected chi connectivity index (χ1v) is 10.4. The molecule has 0 bridgehead atoms. The van der Waals surface area contributed by atoms with E-state index in [2.05, 4.69) is 43.0 Å². The number of hydrogen-bond donors (Lipinski definition) is 0. The van der Waals surface area contributed by atoms with Crippen LogP contribution in [-0.4, -0.2) is 21.7 Å². The van der Waals surface area contributed by atoms with Gasteiger partial charge in [-0.2, -0.15) is 9.61 Å². The minimum Gasteiger partial charge on any atom is -0.497 e. The Balaban J connectivity index is 1.54. The van der Waals surface area contributed by atoms with E-state index in [0.717, 1.165) is 22.1 Å². The first-order valence-electron chi connectivity index (χ1n) is 9.61. The van der Waals surface area contributed by atoms with Crippen molar-refractivity contribution in [2.75, 3.05) is 7.11 Å². The lowest BCUT2D eigenvalue weighted by atomic mass is 9.87. The molecule has 2 aromatic carbocycles. The fourth-order valence-corrected chi connectivity index (χ4v) is 3.92. The molecule has 0 saturated carbocycles. The molecule has 154 valence electrons. The summed E-state index contributed by atoms with van der Waals surface area (Å²) in [7, 11) is 1.62. The Hall–Kier alpha value is -3.19. The average molecular weight is 422 g/mol. The predicted molar refractivity (Wildman–Crippen MR) is 119 cm³/mol. The minimum atomic E-state index is -0.224. The van der Waals surface area contributed by atoms with Gasteiger partial charge in [-0.05, 0) is 47.4 Å². The summed E-state index contributed by atoms with van der Waals surface area (Å²) >= 11 is 1.36. The summed E-state index contributed by atoms with van der Waals surface area (Å²) in [4.78, 5) is 17.6. The van der Waals surface area contributed by atoms with Crippen molar-refractivity contribution >= 4 is 16.3 Å². The Morgan fingerprint density at radius 2 is 1.67 bits per heavy atom. The van der Waals surface area contributed by atoms with Crippen molar-refractivity contribution in [3.8, 4) is 22.1 Å². The van der Waals surface area contributed by atoms with Crippen molar-refractivity contribution in [1.82, 2.24) is 14.6 Å². The van der Waals surface area contributed by atoms with Crippen LogP contribution in [-0.2, 0) is 12.0 Å². The van der Waals surface area contributed by atoms with E-state index in [4.69, 9.17) is 9.47 Å². The Kier molecular flexibility index (Phi) is 5.30. The van der Waals surface area contributed by atoms with Crippen LogP contribution in [0.25, 0.3) is 15.5 Å². The SMILES string of the molecule is COc1ccc(-c2nn3c(=O)cc(COc4ccc(C(C)(C)C)cc4)nc3s2)cc1. The maximum Gasteiger partial charge on any atom is 0.275 e. The number of aromatic nitrogens is 3. The van der Waals surface area contributed by atoms with Crippen molar-refractivity contribution in [2.45, 2.75) is 32.8 Å². The van der Waals surface area contributed by atoms with Crippen LogP contribution in [0.4, 0.5) is 0 Å². The van der Waals surface area contributed by atoms with Crippen molar-refractivity contribution in [3.63, 3.8) is 0 Å². The van der Waals surface area contributed by atoms with Crippen molar-refractivity contribution in [3.05, 3.63) is 76.2 Å². The fourth-order valence-electron chi connectivity index (χ4n) is 2.99. The molecule has 0 amide bonds. The van der Waals surface area contributed by atoms with Gasteiger partial charge in [0.25, 0.3) is 5.56 Å². The summed E-state index contributed by atoms with van der Waals surface area (Å²) in [5.41, 5.74) is 2.58. The molecule has 2 heterocycles. The van der Waals surface area contributed by atoms with Crippen LogP contribution in [0.3, 0.4) is 0 Å². The molecule has 4 rings (SSSR count). The molecule has 0 aliphatic heterocycles. The lowest BCUT2D eigenvalue weighted by Gasteiger charge is -2.19. The largest absolute Gasteiger partial charge is 0.497 e. The van der Waals surface area contributed by atoms with Crippen LogP contribution in [0.2, 0.25) is 0 Å². The number of methoxy groups -OCH3 is 1. The van der Waals surface area contributed by atoms with E-state index in [1.54, 1.807) is 7.11 Å². The number of fused-ring (bicyclic) bond motifs is 1. The standard InChI is InChI=1S/C23H23N3O3S/c1-23(2,3)16-7-11-19(12-8-16)29-14-17-13-20(27)26-22(24-17)30-21(25-26)15-5-9-18(28-4)10-6-15/h5-13H,14H2,1-4H3. The van der Waals surface area contributed by atoms with Crippen LogP contribution in [0.5, 0.6) is 11.5 Å². The maximum absolute atomic E-state index is 12.5. The summed E-state index contributed by atoms with van der Waals surface area (Å²) in [6, 6.07) is 17.0. The number of rotatable bonds is 5. The zero-order valence-electron chi connectivity index (χ0n) is 17.4. The molecule has 0 unspecified atom stereocenters. The van der Waals surface area contributed by atoms with Gasteiger partial charge in [0.1, 0.15) is 23.1 Å². The van der Waals surface area contributed by atoms with Gasteiger partial charge in [-0.25, -0.2) is 4.98 Å². The third kappa shape index (κ3) is 4.21. The smallest absolute Gasteiger partial charge is 0.275 e. The van der Waals surface area contributed by atoms with Crippen LogP contribution < -0.4 is 15.0 Å². The molecular formula is C23H23N3O3S. The van der Waals surface area contributed by atoms with Gasteiger partial charge in [0.2, 0.25) is 4.96 Å². The predicted octanol–water partition coefficient (Wildman–Crippen LogP) is 4.70. The van der Waals surface area contributed by atoms with Gasteiger partial charge in [0.15, 0.2) is 0 Å². The van der Waals surface area contributed by atoms with E-state index in [9.17, 15) is 4.79 Å². The first kappa shape index (κ1) is 20.1. The molecule has 6 nitrogen and oxygen atoms in total. The second-order valence-electron chi connectivity index (χ2n) is 7.98. The summed E-state index contributed by atoms with van der Waals surface area (Å²) in [5.74, 6) is 1.51. The molecule has 2 aromatic heterocycles. The third-order valence-corrected chi connectivity index (χ3v) is 5.70. The Bertz CT molecular complexity index is 1220. The molecular weight excluding hydrogens is 398 g/mol. The summed E-state index contributed by atoms with van der Waals surface area (Å²) in [5, 5.41) is 5.13. The van der Waals surface area contributed by atoms with Crippen LogP contribution >= 0.6 is 11.3 Å². The van der Waals surface area contributed by atoms with E-state index >= 15 is 0 Å². The van der Waals surface area contributed by atoms with Crippen LogP contribution in [0.1, 0.15) is 32.0 Å². The number of hydrogen-bond acceptors (Lipinski definition) is 6. The van der Waals surface area contributed by atoms with Gasteiger partial charge in [-0.1, -0.05) is 44.2 Å². The first-order chi connectivity index (χ1) is 14.3. The normalized spacial score (nSPS) is 11.6. The zero-order chi connectivity index (χ0) is 21.3. The topological polar surface area (TPSA) is 65.7 Å². The number of nitrogens with zero attached hydrogens (tertiary/aromatic N) is 3. The molecule has 0 saturated heterocycles. The van der Waals surface area contributed by atoms with Gasteiger partial charge in [-0.15, -0.1) is 0 Å². The van der Waals surface area contributed by atoms with E-state index < -0.39 is 0 Å². The second-order valence-corrected chi connectivity index (χ2v) is 8.93.